The summed E-state index contributed by atoms with van der Waals surface area (Å²) in [7, 11) is 1.66. The van der Waals surface area contributed by atoms with E-state index in [2.05, 4.69) is 9.97 Å². The number of nitrogens with zero attached hydrogens (tertiary/aromatic N) is 3. The minimum Gasteiger partial charge on any atom is -0.474 e. The molecule has 0 amide bonds. The van der Waals surface area contributed by atoms with Crippen LogP contribution in [0.4, 0.5) is 5.82 Å². The minimum atomic E-state index is -0.0729. The number of aliphatic hydroxyl groups excluding tert-OH is 1. The van der Waals surface area contributed by atoms with E-state index in [9.17, 15) is 0 Å². The van der Waals surface area contributed by atoms with Gasteiger partial charge >= 0.3 is 0 Å². The summed E-state index contributed by atoms with van der Waals surface area (Å²) in [5.41, 5.74) is 1.06. The number of hydrogen-bond donors (Lipinski definition) is 1. The Balaban J connectivity index is 1.77. The van der Waals surface area contributed by atoms with Gasteiger partial charge in [0.05, 0.1) is 25.6 Å². The summed E-state index contributed by atoms with van der Waals surface area (Å²) < 4.78 is 21.3. The van der Waals surface area contributed by atoms with Crippen LogP contribution in [0.3, 0.4) is 0 Å². The highest BCUT2D eigenvalue weighted by Crippen LogP contribution is 2.33. The van der Waals surface area contributed by atoms with E-state index in [-0.39, 0.29) is 20.0 Å². The van der Waals surface area contributed by atoms with Crippen molar-refractivity contribution in [2.45, 2.75) is 6.54 Å². The molecule has 0 spiro atoms. The molecule has 0 saturated carbocycles. The van der Waals surface area contributed by atoms with Gasteiger partial charge in [-0.3, -0.25) is 4.98 Å². The number of hydrogen-bond acceptors (Lipinski definition) is 8. The van der Waals surface area contributed by atoms with Crippen LogP contribution < -0.4 is 19.1 Å². The van der Waals surface area contributed by atoms with Crippen LogP contribution in [0.25, 0.3) is 0 Å². The van der Waals surface area contributed by atoms with Gasteiger partial charge in [0.1, 0.15) is 6.61 Å². The van der Waals surface area contributed by atoms with Crippen molar-refractivity contribution in [1.82, 2.24) is 9.97 Å². The van der Waals surface area contributed by atoms with Gasteiger partial charge in [-0.1, -0.05) is 6.07 Å². The van der Waals surface area contributed by atoms with Gasteiger partial charge < -0.3 is 29.0 Å². The standard InChI is InChI=1S/C17H21N3O5/c1-22-6-4-20(16-9-18-10-17(19-16)23-7-5-21)11-13-2-3-14-15(8-13)25-12-24-14/h2-3,8-10,21H,4-7,11-12H2,1H3. The highest BCUT2D eigenvalue weighted by atomic mass is 16.7. The van der Waals surface area contributed by atoms with E-state index in [1.54, 1.807) is 13.3 Å². The van der Waals surface area contributed by atoms with Crippen molar-refractivity contribution in [1.29, 1.82) is 0 Å². The first kappa shape index (κ1) is 17.2. The zero-order valence-electron chi connectivity index (χ0n) is 14.1. The fourth-order valence-electron chi connectivity index (χ4n) is 2.45. The molecular weight excluding hydrogens is 326 g/mol. The average Bonchev–Trinajstić information content (AvgIpc) is 3.11. The second kappa shape index (κ2) is 8.50. The summed E-state index contributed by atoms with van der Waals surface area (Å²) in [6.45, 7) is 2.16. The van der Waals surface area contributed by atoms with E-state index in [1.807, 2.05) is 23.1 Å². The minimum absolute atomic E-state index is 0.0729. The molecule has 0 saturated heterocycles. The zero-order valence-corrected chi connectivity index (χ0v) is 14.1. The number of rotatable bonds is 9. The Bertz CT molecular complexity index is 698. The highest BCUT2D eigenvalue weighted by Gasteiger charge is 2.16. The fraction of sp³-hybridized carbons (Fsp3) is 0.412. The molecule has 134 valence electrons. The number of aliphatic hydroxyl groups is 1. The smallest absolute Gasteiger partial charge is 0.234 e. The summed E-state index contributed by atoms with van der Waals surface area (Å²) in [5.74, 6) is 2.55. The molecule has 1 aromatic carbocycles. The van der Waals surface area contributed by atoms with Crippen molar-refractivity contribution in [3.8, 4) is 17.4 Å². The number of ether oxygens (including phenoxy) is 4. The maximum Gasteiger partial charge on any atom is 0.234 e. The van der Waals surface area contributed by atoms with E-state index >= 15 is 0 Å². The van der Waals surface area contributed by atoms with Crippen molar-refractivity contribution < 1.29 is 24.1 Å². The molecule has 2 aromatic rings. The normalized spacial score (nSPS) is 12.2. The molecule has 0 unspecified atom stereocenters. The average molecular weight is 347 g/mol. The molecule has 25 heavy (non-hydrogen) atoms. The maximum atomic E-state index is 8.87. The summed E-state index contributed by atoms with van der Waals surface area (Å²) >= 11 is 0. The highest BCUT2D eigenvalue weighted by molar-refractivity contribution is 5.46. The summed E-state index contributed by atoms with van der Waals surface area (Å²) in [6.07, 6.45) is 3.20. The Hall–Kier alpha value is -2.58. The predicted molar refractivity (Wildman–Crippen MR) is 90.1 cm³/mol. The predicted octanol–water partition coefficient (Wildman–Crippen LogP) is 1.23. The van der Waals surface area contributed by atoms with Crippen LogP contribution in [-0.4, -0.2) is 55.3 Å². The molecule has 0 fully saturated rings. The van der Waals surface area contributed by atoms with Crippen LogP contribution in [0.1, 0.15) is 5.56 Å². The van der Waals surface area contributed by atoms with Crippen LogP contribution in [-0.2, 0) is 11.3 Å². The van der Waals surface area contributed by atoms with Gasteiger partial charge in [-0.25, -0.2) is 0 Å². The molecule has 8 heteroatoms. The number of benzene rings is 1. The molecule has 0 radical (unpaired) electrons. The van der Waals surface area contributed by atoms with Gasteiger partial charge in [-0.15, -0.1) is 0 Å². The molecule has 1 aliphatic heterocycles. The van der Waals surface area contributed by atoms with Crippen LogP contribution in [0.2, 0.25) is 0 Å². The topological polar surface area (TPSA) is 86.2 Å². The number of fused-ring (bicyclic) bond motifs is 1. The lowest BCUT2D eigenvalue weighted by molar-refractivity contribution is 0.174. The van der Waals surface area contributed by atoms with Gasteiger partial charge in [0, 0.05) is 20.2 Å². The summed E-state index contributed by atoms with van der Waals surface area (Å²) in [5, 5.41) is 8.87. The third kappa shape index (κ3) is 4.49. The van der Waals surface area contributed by atoms with Gasteiger partial charge in [-0.2, -0.15) is 4.98 Å². The molecule has 1 aliphatic rings. The molecule has 1 aromatic heterocycles. The third-order valence-electron chi connectivity index (χ3n) is 3.64. The van der Waals surface area contributed by atoms with Crippen molar-refractivity contribution in [3.63, 3.8) is 0 Å². The molecule has 3 rings (SSSR count). The van der Waals surface area contributed by atoms with Crippen molar-refractivity contribution >= 4 is 5.82 Å². The molecule has 1 N–H and O–H groups in total. The third-order valence-corrected chi connectivity index (χ3v) is 3.64. The molecule has 0 atom stereocenters. The van der Waals surface area contributed by atoms with Gasteiger partial charge in [-0.05, 0) is 17.7 Å². The van der Waals surface area contributed by atoms with E-state index in [0.29, 0.717) is 31.4 Å². The van der Waals surface area contributed by atoms with E-state index in [1.165, 1.54) is 6.20 Å². The number of aromatic nitrogens is 2. The number of methoxy groups -OCH3 is 1. The Labute approximate surface area is 145 Å². The van der Waals surface area contributed by atoms with Crippen molar-refractivity contribution in [2.24, 2.45) is 0 Å². The van der Waals surface area contributed by atoms with Crippen LogP contribution in [0.15, 0.2) is 30.6 Å². The Morgan fingerprint density at radius 1 is 1.20 bits per heavy atom. The lowest BCUT2D eigenvalue weighted by Crippen LogP contribution is -2.27. The van der Waals surface area contributed by atoms with Crippen molar-refractivity contribution in [3.05, 3.63) is 36.2 Å². The largest absolute Gasteiger partial charge is 0.474 e. The SMILES string of the molecule is COCCN(Cc1ccc2c(c1)OCO2)c1cncc(OCCO)n1. The monoisotopic (exact) mass is 347 g/mol. The quantitative estimate of drug-likeness (QED) is 0.725. The van der Waals surface area contributed by atoms with Crippen LogP contribution >= 0.6 is 0 Å². The first-order chi connectivity index (χ1) is 12.3. The second-order valence-electron chi connectivity index (χ2n) is 5.39. The molecule has 0 bridgehead atoms. The Morgan fingerprint density at radius 2 is 2.08 bits per heavy atom. The lowest BCUT2D eigenvalue weighted by atomic mass is 10.2. The van der Waals surface area contributed by atoms with Gasteiger partial charge in [0.2, 0.25) is 12.7 Å². The lowest BCUT2D eigenvalue weighted by Gasteiger charge is -2.23. The summed E-state index contributed by atoms with van der Waals surface area (Å²) in [4.78, 5) is 10.7. The Morgan fingerprint density at radius 3 is 2.92 bits per heavy atom. The summed E-state index contributed by atoms with van der Waals surface area (Å²) in [6, 6.07) is 5.85. The Kier molecular flexibility index (Phi) is 5.86. The molecule has 2 heterocycles. The molecule has 8 nitrogen and oxygen atoms in total. The first-order valence-corrected chi connectivity index (χ1v) is 7.98. The van der Waals surface area contributed by atoms with E-state index < -0.39 is 0 Å². The fourth-order valence-corrected chi connectivity index (χ4v) is 2.45. The van der Waals surface area contributed by atoms with Gasteiger partial charge in [0.15, 0.2) is 17.3 Å². The van der Waals surface area contributed by atoms with Crippen LogP contribution in [0, 0.1) is 0 Å². The zero-order chi connectivity index (χ0) is 17.5. The number of anilines is 1. The van der Waals surface area contributed by atoms with Crippen molar-refractivity contribution in [2.75, 3.05) is 45.2 Å². The molecular formula is C17H21N3O5. The maximum absolute atomic E-state index is 8.87. The molecule has 0 aliphatic carbocycles. The second-order valence-corrected chi connectivity index (χ2v) is 5.39. The van der Waals surface area contributed by atoms with E-state index in [4.69, 9.17) is 24.1 Å². The van der Waals surface area contributed by atoms with E-state index in [0.717, 1.165) is 17.1 Å². The first-order valence-electron chi connectivity index (χ1n) is 7.98. The van der Waals surface area contributed by atoms with Crippen LogP contribution in [0.5, 0.6) is 17.4 Å². The van der Waals surface area contributed by atoms with Gasteiger partial charge in [0.25, 0.3) is 0 Å².